The zero-order valence-electron chi connectivity index (χ0n) is 15.3. The zero-order chi connectivity index (χ0) is 18.4. The van der Waals surface area contributed by atoms with E-state index in [0.29, 0.717) is 36.9 Å². The van der Waals surface area contributed by atoms with Crippen LogP contribution in [0.4, 0.5) is 5.82 Å². The fourth-order valence-corrected chi connectivity index (χ4v) is 3.73. The van der Waals surface area contributed by atoms with E-state index in [1.807, 2.05) is 28.9 Å². The molecule has 2 fully saturated rings. The molecule has 0 atom stereocenters. The Morgan fingerprint density at radius 2 is 2.00 bits per heavy atom. The maximum Gasteiger partial charge on any atom is 0.205 e. The number of ether oxygens (including phenoxy) is 1. The number of anilines is 1. The predicted octanol–water partition coefficient (Wildman–Crippen LogP) is 2.04. The number of morpholine rings is 1. The molecule has 2 aromatic rings. The highest BCUT2D eigenvalue weighted by atomic mass is 35.5. The van der Waals surface area contributed by atoms with Crippen molar-refractivity contribution in [2.45, 2.75) is 19.4 Å². The summed E-state index contributed by atoms with van der Waals surface area (Å²) in [5.74, 6) is 2.16. The minimum absolute atomic E-state index is 0.487. The summed E-state index contributed by atoms with van der Waals surface area (Å²) >= 11 is 6.50. The molecule has 0 amide bonds. The summed E-state index contributed by atoms with van der Waals surface area (Å²) in [6.45, 7) is 4.45. The molecule has 2 aliphatic heterocycles. The molecule has 1 aliphatic carbocycles. The van der Waals surface area contributed by atoms with Gasteiger partial charge in [-0.1, -0.05) is 0 Å². The Labute approximate surface area is 162 Å². The van der Waals surface area contributed by atoms with E-state index in [0.717, 1.165) is 42.2 Å². The number of hydrogen-bond donors (Lipinski definition) is 0. The number of aliphatic imine (C=N–C) groups is 1. The van der Waals surface area contributed by atoms with Crippen LogP contribution in [0.25, 0.3) is 16.7 Å². The summed E-state index contributed by atoms with van der Waals surface area (Å²) in [5.41, 5.74) is 2.48. The van der Waals surface area contributed by atoms with Crippen LogP contribution in [0.3, 0.4) is 0 Å². The van der Waals surface area contributed by atoms with Gasteiger partial charge in [0.15, 0.2) is 22.8 Å². The first-order valence-corrected chi connectivity index (χ1v) is 9.75. The molecule has 2 aromatic heterocycles. The second-order valence-electron chi connectivity index (χ2n) is 7.37. The molecule has 142 valence electrons. The minimum Gasteiger partial charge on any atom is -0.378 e. The van der Waals surface area contributed by atoms with Crippen molar-refractivity contribution in [2.75, 3.05) is 44.9 Å². The lowest BCUT2D eigenvalue weighted by Gasteiger charge is -2.28. The van der Waals surface area contributed by atoms with E-state index in [1.165, 1.54) is 12.8 Å². The number of allylic oxidation sites excluding steroid dienone is 1. The average Bonchev–Trinajstić information content (AvgIpc) is 3.45. The molecule has 8 nitrogen and oxygen atoms in total. The monoisotopic (exact) mass is 387 g/mol. The van der Waals surface area contributed by atoms with Gasteiger partial charge in [-0.3, -0.25) is 9.56 Å². The van der Waals surface area contributed by atoms with Crippen LogP contribution in [-0.4, -0.2) is 70.7 Å². The molecule has 0 spiro atoms. The predicted molar refractivity (Wildman–Crippen MR) is 105 cm³/mol. The Morgan fingerprint density at radius 1 is 1.19 bits per heavy atom. The van der Waals surface area contributed by atoms with Gasteiger partial charge < -0.3 is 14.5 Å². The van der Waals surface area contributed by atoms with Gasteiger partial charge in [-0.25, -0.2) is 15.0 Å². The standard InChI is InChI=1S/C18H22ClN7O/c1-24-10-13(8-20-11-24)15-22-16(25-4-6-27-7-5-25)14-17(23-15)26(18(19)21-14)9-12-2-3-12/h8,10,12H,2-7,9,11H2,1H3. The quantitative estimate of drug-likeness (QED) is 0.747. The zero-order valence-corrected chi connectivity index (χ0v) is 16.1. The third-order valence-corrected chi connectivity index (χ3v) is 5.42. The van der Waals surface area contributed by atoms with Crippen molar-refractivity contribution in [1.82, 2.24) is 24.4 Å². The molecule has 4 heterocycles. The lowest BCUT2D eigenvalue weighted by atomic mass is 10.2. The van der Waals surface area contributed by atoms with Gasteiger partial charge in [0.05, 0.1) is 18.8 Å². The van der Waals surface area contributed by atoms with E-state index in [-0.39, 0.29) is 0 Å². The normalized spacial score (nSPS) is 20.4. The van der Waals surface area contributed by atoms with E-state index in [9.17, 15) is 0 Å². The van der Waals surface area contributed by atoms with Crippen LogP contribution in [0.15, 0.2) is 11.2 Å². The molecule has 0 bridgehead atoms. The van der Waals surface area contributed by atoms with Gasteiger partial charge >= 0.3 is 0 Å². The molecule has 3 aliphatic rings. The highest BCUT2D eigenvalue weighted by Gasteiger charge is 2.27. The Kier molecular flexibility index (Phi) is 4.24. The smallest absolute Gasteiger partial charge is 0.205 e. The lowest BCUT2D eigenvalue weighted by Crippen LogP contribution is -2.37. The van der Waals surface area contributed by atoms with Crippen molar-refractivity contribution in [3.8, 4) is 0 Å². The number of imidazole rings is 1. The number of halogens is 1. The van der Waals surface area contributed by atoms with Crippen molar-refractivity contribution in [3.05, 3.63) is 17.3 Å². The average molecular weight is 388 g/mol. The molecule has 0 N–H and O–H groups in total. The summed E-state index contributed by atoms with van der Waals surface area (Å²) in [6.07, 6.45) is 6.35. The van der Waals surface area contributed by atoms with E-state index < -0.39 is 0 Å². The number of aromatic nitrogens is 4. The van der Waals surface area contributed by atoms with Gasteiger partial charge in [-0.15, -0.1) is 0 Å². The fraction of sp³-hybridized carbons (Fsp3) is 0.556. The van der Waals surface area contributed by atoms with Crippen LogP contribution < -0.4 is 4.90 Å². The maximum absolute atomic E-state index is 6.50. The largest absolute Gasteiger partial charge is 0.378 e. The van der Waals surface area contributed by atoms with E-state index in [1.54, 1.807) is 0 Å². The van der Waals surface area contributed by atoms with E-state index in [2.05, 4.69) is 14.9 Å². The topological polar surface area (TPSA) is 71.7 Å². The van der Waals surface area contributed by atoms with Crippen molar-refractivity contribution in [1.29, 1.82) is 0 Å². The van der Waals surface area contributed by atoms with Crippen LogP contribution in [0.2, 0.25) is 5.28 Å². The first kappa shape index (κ1) is 16.9. The molecular weight excluding hydrogens is 366 g/mol. The van der Waals surface area contributed by atoms with Crippen molar-refractivity contribution >= 4 is 40.4 Å². The van der Waals surface area contributed by atoms with Gasteiger partial charge in [-0.2, -0.15) is 0 Å². The van der Waals surface area contributed by atoms with Crippen LogP contribution in [0.5, 0.6) is 0 Å². The molecule has 0 aromatic carbocycles. The highest BCUT2D eigenvalue weighted by Crippen LogP contribution is 2.35. The maximum atomic E-state index is 6.50. The molecule has 0 radical (unpaired) electrons. The van der Waals surface area contributed by atoms with Crippen LogP contribution >= 0.6 is 11.6 Å². The Hall–Kier alpha value is -2.19. The van der Waals surface area contributed by atoms with Gasteiger partial charge in [0.1, 0.15) is 6.67 Å². The van der Waals surface area contributed by atoms with Gasteiger partial charge in [0, 0.05) is 39.1 Å². The first-order valence-electron chi connectivity index (χ1n) is 9.38. The molecule has 5 rings (SSSR count). The third kappa shape index (κ3) is 3.27. The number of nitrogens with zero attached hydrogens (tertiary/aromatic N) is 7. The summed E-state index contributed by atoms with van der Waals surface area (Å²) in [4.78, 5) is 23.0. The molecule has 27 heavy (non-hydrogen) atoms. The second kappa shape index (κ2) is 6.76. The Morgan fingerprint density at radius 3 is 2.74 bits per heavy atom. The third-order valence-electron chi connectivity index (χ3n) is 5.13. The number of hydrogen-bond acceptors (Lipinski definition) is 7. The Bertz CT molecular complexity index is 927. The van der Waals surface area contributed by atoms with Gasteiger partial charge in [0.2, 0.25) is 5.28 Å². The van der Waals surface area contributed by atoms with Crippen LogP contribution in [0, 0.1) is 5.92 Å². The summed E-state index contributed by atoms with van der Waals surface area (Å²) < 4.78 is 7.54. The summed E-state index contributed by atoms with van der Waals surface area (Å²) in [5, 5.41) is 0.487. The summed E-state index contributed by atoms with van der Waals surface area (Å²) in [7, 11) is 1.99. The first-order chi connectivity index (χ1) is 13.2. The minimum atomic E-state index is 0.487. The van der Waals surface area contributed by atoms with Crippen molar-refractivity contribution in [3.63, 3.8) is 0 Å². The van der Waals surface area contributed by atoms with Gasteiger partial charge in [0.25, 0.3) is 0 Å². The highest BCUT2D eigenvalue weighted by molar-refractivity contribution is 6.29. The summed E-state index contributed by atoms with van der Waals surface area (Å²) in [6, 6.07) is 0. The van der Waals surface area contributed by atoms with E-state index >= 15 is 0 Å². The number of fused-ring (bicyclic) bond motifs is 1. The fourth-order valence-electron chi connectivity index (χ4n) is 3.50. The van der Waals surface area contributed by atoms with Gasteiger partial charge in [-0.05, 0) is 30.4 Å². The molecule has 0 unspecified atom stereocenters. The van der Waals surface area contributed by atoms with Crippen LogP contribution in [-0.2, 0) is 11.3 Å². The molecule has 1 saturated carbocycles. The number of rotatable bonds is 4. The molecule has 9 heteroatoms. The Balaban J connectivity index is 1.67. The second-order valence-corrected chi connectivity index (χ2v) is 7.71. The van der Waals surface area contributed by atoms with E-state index in [4.69, 9.17) is 26.3 Å². The van der Waals surface area contributed by atoms with Crippen molar-refractivity contribution in [2.24, 2.45) is 10.9 Å². The van der Waals surface area contributed by atoms with Crippen molar-refractivity contribution < 1.29 is 4.74 Å². The lowest BCUT2D eigenvalue weighted by molar-refractivity contribution is 0.122. The van der Waals surface area contributed by atoms with Crippen LogP contribution in [0.1, 0.15) is 18.7 Å². The molecular formula is C18H22ClN7O. The SMILES string of the molecule is CN1C=C(c2nc(N3CCOCC3)c3nc(Cl)n(CC4CC4)c3n2)C=NC1. The molecule has 1 saturated heterocycles.